The van der Waals surface area contributed by atoms with Crippen LogP contribution in [0.2, 0.25) is 0 Å². The van der Waals surface area contributed by atoms with Gasteiger partial charge in [-0.15, -0.1) is 0 Å². The van der Waals surface area contributed by atoms with Crippen LogP contribution in [0.4, 0.5) is 0 Å². The number of hydrogen-bond acceptors (Lipinski definition) is 2. The molecule has 0 radical (unpaired) electrons. The summed E-state index contributed by atoms with van der Waals surface area (Å²) in [5, 5.41) is 6.97. The van der Waals surface area contributed by atoms with Gasteiger partial charge in [0.1, 0.15) is 0 Å². The van der Waals surface area contributed by atoms with E-state index < -0.39 is 0 Å². The van der Waals surface area contributed by atoms with Crippen LogP contribution >= 0.6 is 0 Å². The quantitative estimate of drug-likeness (QED) is 0.883. The van der Waals surface area contributed by atoms with Crippen LogP contribution in [0.3, 0.4) is 0 Å². The zero-order valence-corrected chi connectivity index (χ0v) is 11.8. The maximum atomic E-state index is 12.7. The second-order valence-corrected chi connectivity index (χ2v) is 6.73. The van der Waals surface area contributed by atoms with Crippen LogP contribution in [-0.4, -0.2) is 24.0 Å². The van der Waals surface area contributed by atoms with Crippen molar-refractivity contribution in [3.05, 3.63) is 35.9 Å². The molecule has 106 valence electrons. The van der Waals surface area contributed by atoms with Gasteiger partial charge in [0.15, 0.2) is 0 Å². The summed E-state index contributed by atoms with van der Waals surface area (Å²) in [6.45, 7) is 0. The van der Waals surface area contributed by atoms with E-state index in [0.717, 1.165) is 25.7 Å². The van der Waals surface area contributed by atoms with Gasteiger partial charge in [0.05, 0.1) is 5.41 Å². The largest absolute Gasteiger partial charge is 0.352 e. The fourth-order valence-electron chi connectivity index (χ4n) is 4.03. The summed E-state index contributed by atoms with van der Waals surface area (Å²) in [7, 11) is 0. The van der Waals surface area contributed by atoms with Gasteiger partial charge >= 0.3 is 0 Å². The van der Waals surface area contributed by atoms with Crippen LogP contribution in [0.25, 0.3) is 0 Å². The highest BCUT2D eigenvalue weighted by atomic mass is 16.2. The highest BCUT2D eigenvalue weighted by molar-refractivity contribution is 5.91. The monoisotopic (exact) mass is 270 g/mol. The molecule has 2 N–H and O–H groups in total. The number of rotatable bonds is 3. The predicted octanol–water partition coefficient (Wildman–Crippen LogP) is 2.12. The van der Waals surface area contributed by atoms with Crippen molar-refractivity contribution < 1.29 is 4.79 Å². The molecule has 3 heteroatoms. The van der Waals surface area contributed by atoms with Crippen molar-refractivity contribution in [2.75, 3.05) is 0 Å². The molecule has 1 aliphatic carbocycles. The Morgan fingerprint density at radius 1 is 1.10 bits per heavy atom. The molecule has 3 fully saturated rings. The molecule has 1 aromatic rings. The molecule has 20 heavy (non-hydrogen) atoms. The molecule has 3 aliphatic rings. The lowest BCUT2D eigenvalue weighted by molar-refractivity contribution is -0.124. The van der Waals surface area contributed by atoms with Gasteiger partial charge in [0, 0.05) is 18.1 Å². The van der Waals surface area contributed by atoms with Gasteiger partial charge in [-0.05, 0) is 44.1 Å². The van der Waals surface area contributed by atoms with Crippen LogP contribution in [0, 0.1) is 0 Å². The molecule has 0 aromatic heterocycles. The van der Waals surface area contributed by atoms with Crippen molar-refractivity contribution in [2.24, 2.45) is 0 Å². The Kier molecular flexibility index (Phi) is 2.84. The summed E-state index contributed by atoms with van der Waals surface area (Å²) < 4.78 is 0. The molecule has 2 saturated heterocycles. The van der Waals surface area contributed by atoms with Gasteiger partial charge in [0.25, 0.3) is 0 Å². The number of fused-ring (bicyclic) bond motifs is 2. The molecule has 2 aliphatic heterocycles. The van der Waals surface area contributed by atoms with Crippen LogP contribution in [0.5, 0.6) is 0 Å². The molecule has 1 aromatic carbocycles. The van der Waals surface area contributed by atoms with Crippen molar-refractivity contribution in [1.29, 1.82) is 0 Å². The topological polar surface area (TPSA) is 41.1 Å². The highest BCUT2D eigenvalue weighted by Gasteiger charge is 2.51. The predicted molar refractivity (Wildman–Crippen MR) is 78.5 cm³/mol. The number of nitrogens with one attached hydrogen (secondary N) is 2. The summed E-state index contributed by atoms with van der Waals surface area (Å²) in [4.78, 5) is 12.7. The lowest BCUT2D eigenvalue weighted by Gasteiger charge is -2.31. The molecule has 2 bridgehead atoms. The first kappa shape index (κ1) is 12.4. The van der Waals surface area contributed by atoms with Crippen LogP contribution in [0.1, 0.15) is 44.1 Å². The van der Waals surface area contributed by atoms with Crippen molar-refractivity contribution in [3.8, 4) is 0 Å². The molecule has 2 heterocycles. The van der Waals surface area contributed by atoms with Crippen molar-refractivity contribution in [1.82, 2.24) is 10.6 Å². The van der Waals surface area contributed by atoms with Crippen molar-refractivity contribution in [2.45, 2.75) is 62.1 Å². The number of piperidine rings is 1. The number of hydrogen-bond donors (Lipinski definition) is 2. The van der Waals surface area contributed by atoms with E-state index in [0.29, 0.717) is 18.1 Å². The lowest BCUT2D eigenvalue weighted by atomic mass is 9.93. The van der Waals surface area contributed by atoms with Crippen LogP contribution in [0.15, 0.2) is 30.3 Å². The number of benzene rings is 1. The van der Waals surface area contributed by atoms with Crippen LogP contribution < -0.4 is 10.6 Å². The Labute approximate surface area is 120 Å². The zero-order valence-electron chi connectivity index (χ0n) is 11.8. The maximum absolute atomic E-state index is 12.7. The van der Waals surface area contributed by atoms with E-state index in [-0.39, 0.29) is 11.3 Å². The first-order valence-electron chi connectivity index (χ1n) is 7.89. The number of amides is 1. The molecule has 0 spiro atoms. The van der Waals surface area contributed by atoms with Crippen molar-refractivity contribution in [3.63, 3.8) is 0 Å². The van der Waals surface area contributed by atoms with E-state index in [1.807, 2.05) is 18.2 Å². The Balaban J connectivity index is 1.46. The van der Waals surface area contributed by atoms with E-state index in [2.05, 4.69) is 22.8 Å². The fourth-order valence-corrected chi connectivity index (χ4v) is 4.03. The Morgan fingerprint density at radius 3 is 2.35 bits per heavy atom. The Morgan fingerprint density at radius 2 is 1.75 bits per heavy atom. The summed E-state index contributed by atoms with van der Waals surface area (Å²) in [5.74, 6) is 0.259. The summed E-state index contributed by atoms with van der Waals surface area (Å²) in [6, 6.07) is 11.9. The maximum Gasteiger partial charge on any atom is 0.230 e. The third kappa shape index (κ3) is 2.05. The first-order chi connectivity index (χ1) is 9.76. The molecule has 1 saturated carbocycles. The molecule has 3 nitrogen and oxygen atoms in total. The Hall–Kier alpha value is -1.35. The lowest BCUT2D eigenvalue weighted by Crippen LogP contribution is -2.50. The summed E-state index contributed by atoms with van der Waals surface area (Å²) >= 11 is 0. The molecular weight excluding hydrogens is 248 g/mol. The fraction of sp³-hybridized carbons (Fsp3) is 0.588. The Bertz CT molecular complexity index is 497. The summed E-state index contributed by atoms with van der Waals surface area (Å²) in [5.41, 5.74) is 0.972. The first-order valence-corrected chi connectivity index (χ1v) is 7.89. The van der Waals surface area contributed by atoms with Crippen LogP contribution in [-0.2, 0) is 10.2 Å². The molecule has 1 amide bonds. The van der Waals surface area contributed by atoms with Gasteiger partial charge in [-0.25, -0.2) is 0 Å². The second-order valence-electron chi connectivity index (χ2n) is 6.73. The second kappa shape index (κ2) is 4.59. The third-order valence-corrected chi connectivity index (χ3v) is 5.32. The third-order valence-electron chi connectivity index (χ3n) is 5.32. The smallest absolute Gasteiger partial charge is 0.230 e. The molecular formula is C17H22N2O. The number of carbonyl (C=O) groups is 1. The van der Waals surface area contributed by atoms with E-state index in [1.165, 1.54) is 18.4 Å². The van der Waals surface area contributed by atoms with E-state index in [1.54, 1.807) is 0 Å². The average Bonchev–Trinajstić information content (AvgIpc) is 3.22. The minimum atomic E-state index is -0.217. The normalized spacial score (nSPS) is 33.7. The highest BCUT2D eigenvalue weighted by Crippen LogP contribution is 2.48. The van der Waals surface area contributed by atoms with Gasteiger partial charge in [-0.3, -0.25) is 4.79 Å². The zero-order chi connectivity index (χ0) is 13.6. The minimum Gasteiger partial charge on any atom is -0.352 e. The SMILES string of the molecule is O=C(NC1CC2CCC(C1)N2)C1(c2ccccc2)CC1. The molecule has 2 unspecified atom stereocenters. The van der Waals surface area contributed by atoms with Gasteiger partial charge in [-0.2, -0.15) is 0 Å². The van der Waals surface area contributed by atoms with Gasteiger partial charge < -0.3 is 10.6 Å². The average molecular weight is 270 g/mol. The summed E-state index contributed by atoms with van der Waals surface area (Å²) in [6.07, 6.45) is 6.77. The van der Waals surface area contributed by atoms with E-state index >= 15 is 0 Å². The van der Waals surface area contributed by atoms with Crippen molar-refractivity contribution >= 4 is 5.91 Å². The number of carbonyl (C=O) groups excluding carboxylic acids is 1. The molecule has 2 atom stereocenters. The standard InChI is InChI=1S/C17H22N2O/c20-16(17(8-9-17)12-4-2-1-3-5-12)19-15-10-13-6-7-14(11-15)18-13/h1-5,13-15,18H,6-11H2,(H,19,20). The minimum absolute atomic E-state index is 0.217. The van der Waals surface area contributed by atoms with E-state index in [9.17, 15) is 4.79 Å². The van der Waals surface area contributed by atoms with Gasteiger partial charge in [0.2, 0.25) is 5.91 Å². The van der Waals surface area contributed by atoms with Gasteiger partial charge in [-0.1, -0.05) is 30.3 Å². The van der Waals surface area contributed by atoms with E-state index in [4.69, 9.17) is 0 Å². The molecule has 4 rings (SSSR count).